The molecule has 0 aromatic carbocycles. The van der Waals surface area contributed by atoms with Crippen molar-refractivity contribution in [3.63, 3.8) is 0 Å². The highest BCUT2D eigenvalue weighted by molar-refractivity contribution is 5.80. The lowest BCUT2D eigenvalue weighted by molar-refractivity contribution is -0.122. The SMILES string of the molecule is CC(C)CNC(=O)C(C)N. The van der Waals surface area contributed by atoms with Crippen LogP contribution in [0.1, 0.15) is 20.8 Å². The summed E-state index contributed by atoms with van der Waals surface area (Å²) in [7, 11) is 0. The molecule has 0 aliphatic rings. The molecule has 3 heteroatoms. The minimum absolute atomic E-state index is 0.0753. The molecule has 0 aliphatic carbocycles. The Bertz CT molecular complexity index is 110. The van der Waals surface area contributed by atoms with Crippen LogP contribution in [0.4, 0.5) is 0 Å². The molecule has 0 saturated carbocycles. The predicted octanol–water partition coefficient (Wildman–Crippen LogP) is 0.106. The minimum Gasteiger partial charge on any atom is -0.355 e. The van der Waals surface area contributed by atoms with Crippen molar-refractivity contribution in [3.8, 4) is 0 Å². The summed E-state index contributed by atoms with van der Waals surface area (Å²) in [5, 5.41) is 2.72. The van der Waals surface area contributed by atoms with E-state index in [2.05, 4.69) is 5.32 Å². The van der Waals surface area contributed by atoms with Crippen LogP contribution in [-0.2, 0) is 4.79 Å². The summed E-state index contributed by atoms with van der Waals surface area (Å²) in [4.78, 5) is 10.8. The van der Waals surface area contributed by atoms with Crippen molar-refractivity contribution >= 4 is 5.91 Å². The summed E-state index contributed by atoms with van der Waals surface area (Å²) < 4.78 is 0. The van der Waals surface area contributed by atoms with Crippen molar-refractivity contribution in [2.75, 3.05) is 6.54 Å². The van der Waals surface area contributed by atoms with Gasteiger partial charge in [-0.25, -0.2) is 0 Å². The summed E-state index contributed by atoms with van der Waals surface area (Å²) in [5.41, 5.74) is 5.31. The summed E-state index contributed by atoms with van der Waals surface area (Å²) in [6.45, 7) is 6.47. The fourth-order valence-corrected chi connectivity index (χ4v) is 0.466. The number of nitrogens with one attached hydrogen (secondary N) is 1. The van der Waals surface area contributed by atoms with E-state index >= 15 is 0 Å². The second-order valence-corrected chi connectivity index (χ2v) is 2.93. The van der Waals surface area contributed by atoms with Gasteiger partial charge in [0, 0.05) is 6.54 Å². The van der Waals surface area contributed by atoms with Crippen molar-refractivity contribution in [3.05, 3.63) is 0 Å². The van der Waals surface area contributed by atoms with E-state index < -0.39 is 6.04 Å². The first-order chi connectivity index (χ1) is 4.54. The van der Waals surface area contributed by atoms with Gasteiger partial charge < -0.3 is 11.1 Å². The van der Waals surface area contributed by atoms with Crippen molar-refractivity contribution in [2.24, 2.45) is 11.7 Å². The van der Waals surface area contributed by atoms with Gasteiger partial charge in [0.1, 0.15) is 0 Å². The Kier molecular flexibility index (Phi) is 4.03. The summed E-state index contributed by atoms with van der Waals surface area (Å²) in [6, 6.07) is -0.390. The number of hydrogen-bond acceptors (Lipinski definition) is 2. The molecule has 0 aliphatic heterocycles. The van der Waals surface area contributed by atoms with Crippen LogP contribution in [0.25, 0.3) is 0 Å². The van der Waals surface area contributed by atoms with Gasteiger partial charge in [-0.2, -0.15) is 0 Å². The average Bonchev–Trinajstić information content (AvgIpc) is 1.82. The van der Waals surface area contributed by atoms with E-state index in [4.69, 9.17) is 5.73 Å². The van der Waals surface area contributed by atoms with Gasteiger partial charge in [-0.3, -0.25) is 4.79 Å². The standard InChI is InChI=1S/C7H16N2O/c1-5(2)4-9-7(10)6(3)8/h5-6H,4,8H2,1-3H3,(H,9,10). The molecular formula is C7H16N2O. The Morgan fingerprint density at radius 1 is 1.50 bits per heavy atom. The lowest BCUT2D eigenvalue weighted by atomic mass is 10.2. The number of rotatable bonds is 3. The molecule has 3 N–H and O–H groups in total. The Morgan fingerprint density at radius 3 is 2.30 bits per heavy atom. The smallest absolute Gasteiger partial charge is 0.236 e. The second-order valence-electron chi connectivity index (χ2n) is 2.93. The van der Waals surface area contributed by atoms with Crippen LogP contribution in [-0.4, -0.2) is 18.5 Å². The summed E-state index contributed by atoms with van der Waals surface area (Å²) >= 11 is 0. The average molecular weight is 144 g/mol. The van der Waals surface area contributed by atoms with E-state index in [1.54, 1.807) is 6.92 Å². The summed E-state index contributed by atoms with van der Waals surface area (Å²) in [6.07, 6.45) is 0. The lowest BCUT2D eigenvalue weighted by Crippen LogP contribution is -2.39. The highest BCUT2D eigenvalue weighted by Gasteiger charge is 2.05. The van der Waals surface area contributed by atoms with Gasteiger partial charge in [-0.05, 0) is 12.8 Å². The highest BCUT2D eigenvalue weighted by atomic mass is 16.2. The van der Waals surface area contributed by atoms with E-state index in [0.29, 0.717) is 12.5 Å². The van der Waals surface area contributed by atoms with Crippen molar-refractivity contribution in [1.82, 2.24) is 5.32 Å². The van der Waals surface area contributed by atoms with Gasteiger partial charge in [-0.15, -0.1) is 0 Å². The molecule has 1 amide bonds. The first kappa shape index (κ1) is 9.43. The maximum atomic E-state index is 10.8. The first-order valence-electron chi connectivity index (χ1n) is 3.57. The van der Waals surface area contributed by atoms with E-state index in [9.17, 15) is 4.79 Å². The largest absolute Gasteiger partial charge is 0.355 e. The molecule has 0 fully saturated rings. The molecule has 60 valence electrons. The fourth-order valence-electron chi connectivity index (χ4n) is 0.466. The minimum atomic E-state index is -0.390. The maximum absolute atomic E-state index is 10.8. The zero-order valence-electron chi connectivity index (χ0n) is 6.85. The van der Waals surface area contributed by atoms with Crippen molar-refractivity contribution in [1.29, 1.82) is 0 Å². The van der Waals surface area contributed by atoms with Gasteiger partial charge in [0.15, 0.2) is 0 Å². The lowest BCUT2D eigenvalue weighted by Gasteiger charge is -2.08. The number of carbonyl (C=O) groups excluding carboxylic acids is 1. The fraction of sp³-hybridized carbons (Fsp3) is 0.857. The van der Waals surface area contributed by atoms with E-state index in [-0.39, 0.29) is 5.91 Å². The van der Waals surface area contributed by atoms with Crippen LogP contribution in [0.2, 0.25) is 0 Å². The zero-order chi connectivity index (χ0) is 8.15. The highest BCUT2D eigenvalue weighted by Crippen LogP contribution is 1.87. The normalized spacial score (nSPS) is 13.3. The molecule has 0 aromatic heterocycles. The third kappa shape index (κ3) is 4.32. The molecular weight excluding hydrogens is 128 g/mol. The summed E-state index contributed by atoms with van der Waals surface area (Å²) in [5.74, 6) is 0.413. The van der Waals surface area contributed by atoms with Crippen LogP contribution in [0.3, 0.4) is 0 Å². The Labute approximate surface area is 62.0 Å². The van der Waals surface area contributed by atoms with Crippen LogP contribution >= 0.6 is 0 Å². The monoisotopic (exact) mass is 144 g/mol. The number of amides is 1. The molecule has 0 bridgehead atoms. The maximum Gasteiger partial charge on any atom is 0.236 e. The molecule has 0 radical (unpaired) electrons. The Morgan fingerprint density at radius 2 is 2.00 bits per heavy atom. The number of carbonyl (C=O) groups is 1. The quantitative estimate of drug-likeness (QED) is 0.590. The van der Waals surface area contributed by atoms with E-state index in [0.717, 1.165) is 0 Å². The molecule has 0 spiro atoms. The van der Waals surface area contributed by atoms with Gasteiger partial charge in [0.25, 0.3) is 0 Å². The predicted molar refractivity (Wildman–Crippen MR) is 41.5 cm³/mol. The molecule has 1 unspecified atom stereocenters. The van der Waals surface area contributed by atoms with Crippen LogP contribution in [0.5, 0.6) is 0 Å². The van der Waals surface area contributed by atoms with Crippen molar-refractivity contribution in [2.45, 2.75) is 26.8 Å². The first-order valence-corrected chi connectivity index (χ1v) is 3.57. The molecule has 0 aromatic rings. The second kappa shape index (κ2) is 4.28. The molecule has 0 rings (SSSR count). The van der Waals surface area contributed by atoms with Crippen LogP contribution < -0.4 is 11.1 Å². The van der Waals surface area contributed by atoms with Gasteiger partial charge in [-0.1, -0.05) is 13.8 Å². The topological polar surface area (TPSA) is 55.1 Å². The third-order valence-corrected chi connectivity index (χ3v) is 1.10. The van der Waals surface area contributed by atoms with Gasteiger partial charge in [0.05, 0.1) is 6.04 Å². The molecule has 1 atom stereocenters. The Balaban J connectivity index is 3.40. The zero-order valence-corrected chi connectivity index (χ0v) is 6.85. The Hall–Kier alpha value is -0.570. The number of nitrogens with two attached hydrogens (primary N) is 1. The van der Waals surface area contributed by atoms with Gasteiger partial charge >= 0.3 is 0 Å². The van der Waals surface area contributed by atoms with Crippen LogP contribution in [0, 0.1) is 5.92 Å². The van der Waals surface area contributed by atoms with Gasteiger partial charge in [0.2, 0.25) is 5.91 Å². The van der Waals surface area contributed by atoms with Crippen LogP contribution in [0.15, 0.2) is 0 Å². The van der Waals surface area contributed by atoms with Crippen molar-refractivity contribution < 1.29 is 4.79 Å². The molecule has 3 nitrogen and oxygen atoms in total. The molecule has 10 heavy (non-hydrogen) atoms. The molecule has 0 heterocycles. The number of hydrogen-bond donors (Lipinski definition) is 2. The molecule has 0 saturated heterocycles. The van der Waals surface area contributed by atoms with E-state index in [1.807, 2.05) is 13.8 Å². The third-order valence-electron chi connectivity index (χ3n) is 1.10. The van der Waals surface area contributed by atoms with E-state index in [1.165, 1.54) is 0 Å².